The molecule has 21 heavy (non-hydrogen) atoms. The fourth-order valence-electron chi connectivity index (χ4n) is 3.19. The van der Waals surface area contributed by atoms with Crippen LogP contribution in [-0.2, 0) is 18.9 Å². The van der Waals surface area contributed by atoms with E-state index in [9.17, 15) is 0 Å². The summed E-state index contributed by atoms with van der Waals surface area (Å²) >= 11 is 0. The number of hydrogen-bond donors (Lipinski definition) is 0. The fourth-order valence-corrected chi connectivity index (χ4v) is 3.19. The molecule has 1 saturated heterocycles. The van der Waals surface area contributed by atoms with Crippen molar-refractivity contribution in [2.75, 3.05) is 21.3 Å². The van der Waals surface area contributed by atoms with Gasteiger partial charge in [0.15, 0.2) is 0 Å². The first-order chi connectivity index (χ1) is 10.2. The maximum atomic E-state index is 5.93. The summed E-state index contributed by atoms with van der Waals surface area (Å²) < 4.78 is 22.6. The molecule has 1 fully saturated rings. The van der Waals surface area contributed by atoms with Crippen molar-refractivity contribution in [2.45, 2.75) is 83.4 Å². The van der Waals surface area contributed by atoms with E-state index in [1.165, 1.54) is 25.7 Å². The monoisotopic (exact) mass is 302 g/mol. The van der Waals surface area contributed by atoms with E-state index < -0.39 is 5.97 Å². The molecular formula is C17H34O4. The van der Waals surface area contributed by atoms with Crippen LogP contribution >= 0.6 is 0 Å². The zero-order chi connectivity index (χ0) is 15.7. The van der Waals surface area contributed by atoms with Gasteiger partial charge in [-0.25, -0.2) is 0 Å². The summed E-state index contributed by atoms with van der Waals surface area (Å²) in [6.45, 7) is 4.43. The summed E-state index contributed by atoms with van der Waals surface area (Å²) in [5, 5.41) is 0. The zero-order valence-corrected chi connectivity index (χ0v) is 14.5. The highest BCUT2D eigenvalue weighted by Crippen LogP contribution is 2.43. The van der Waals surface area contributed by atoms with Crippen LogP contribution in [0.3, 0.4) is 0 Å². The Morgan fingerprint density at radius 2 is 1.52 bits per heavy atom. The van der Waals surface area contributed by atoms with Crippen molar-refractivity contribution in [3.05, 3.63) is 0 Å². The van der Waals surface area contributed by atoms with Crippen LogP contribution in [0.2, 0.25) is 0 Å². The van der Waals surface area contributed by atoms with Gasteiger partial charge in [0.25, 0.3) is 5.97 Å². The molecule has 0 aromatic heterocycles. The molecule has 126 valence electrons. The van der Waals surface area contributed by atoms with Crippen molar-refractivity contribution in [3.8, 4) is 0 Å². The molecular weight excluding hydrogens is 268 g/mol. The number of methoxy groups -OCH3 is 3. The Hall–Kier alpha value is -0.160. The van der Waals surface area contributed by atoms with Crippen LogP contribution in [0, 0.1) is 5.92 Å². The van der Waals surface area contributed by atoms with Gasteiger partial charge in [0.05, 0.1) is 18.1 Å². The molecule has 1 heterocycles. The van der Waals surface area contributed by atoms with E-state index in [1.807, 2.05) is 0 Å². The van der Waals surface area contributed by atoms with Crippen LogP contribution in [0.25, 0.3) is 0 Å². The molecule has 3 unspecified atom stereocenters. The molecule has 0 spiro atoms. The average molecular weight is 302 g/mol. The molecule has 0 N–H and O–H groups in total. The second kappa shape index (κ2) is 9.78. The van der Waals surface area contributed by atoms with Gasteiger partial charge in [-0.15, -0.1) is 0 Å². The smallest absolute Gasteiger partial charge is 0.287 e. The van der Waals surface area contributed by atoms with Gasteiger partial charge in [-0.2, -0.15) is 0 Å². The van der Waals surface area contributed by atoms with E-state index in [0.717, 1.165) is 25.7 Å². The molecule has 0 amide bonds. The van der Waals surface area contributed by atoms with E-state index >= 15 is 0 Å². The maximum Gasteiger partial charge on any atom is 0.287 e. The lowest BCUT2D eigenvalue weighted by molar-refractivity contribution is -0.381. The van der Waals surface area contributed by atoms with Crippen LogP contribution in [0.5, 0.6) is 0 Å². The Morgan fingerprint density at radius 1 is 0.905 bits per heavy atom. The molecule has 0 saturated carbocycles. The zero-order valence-electron chi connectivity index (χ0n) is 14.5. The van der Waals surface area contributed by atoms with Gasteiger partial charge in [0.1, 0.15) is 0 Å². The Balaban J connectivity index is 2.55. The van der Waals surface area contributed by atoms with Crippen molar-refractivity contribution in [2.24, 2.45) is 5.92 Å². The molecule has 3 atom stereocenters. The van der Waals surface area contributed by atoms with E-state index in [-0.39, 0.29) is 12.0 Å². The number of rotatable bonds is 13. The second-order valence-electron chi connectivity index (χ2n) is 5.95. The lowest BCUT2D eigenvalue weighted by atomic mass is 9.92. The van der Waals surface area contributed by atoms with Crippen molar-refractivity contribution < 1.29 is 18.9 Å². The maximum absolute atomic E-state index is 5.93. The molecule has 1 rings (SSSR count). The standard InChI is InChI=1S/C17H34O4/c1-6-8-10-11-13-15-16(21-15)14(12-9-7-2)17(18-3,19-4)20-5/h14-16H,6-13H2,1-5H3. The molecule has 1 aliphatic heterocycles. The first-order valence-electron chi connectivity index (χ1n) is 8.49. The van der Waals surface area contributed by atoms with Gasteiger partial charge < -0.3 is 18.9 Å². The topological polar surface area (TPSA) is 40.2 Å². The second-order valence-corrected chi connectivity index (χ2v) is 5.95. The molecule has 4 nitrogen and oxygen atoms in total. The minimum atomic E-state index is -0.974. The van der Waals surface area contributed by atoms with E-state index in [4.69, 9.17) is 18.9 Å². The lowest BCUT2D eigenvalue weighted by Crippen LogP contribution is -2.46. The minimum absolute atomic E-state index is 0.133. The molecule has 0 aromatic carbocycles. The number of unbranched alkanes of at least 4 members (excludes halogenated alkanes) is 4. The molecule has 4 heteroatoms. The third-order valence-electron chi connectivity index (χ3n) is 4.54. The molecule has 0 bridgehead atoms. The van der Waals surface area contributed by atoms with E-state index in [1.54, 1.807) is 21.3 Å². The highest BCUT2D eigenvalue weighted by atomic mass is 16.9. The first kappa shape index (κ1) is 18.9. The van der Waals surface area contributed by atoms with Gasteiger partial charge in [-0.05, 0) is 12.8 Å². The Labute approximate surface area is 130 Å². The summed E-state index contributed by atoms with van der Waals surface area (Å²) in [7, 11) is 4.93. The van der Waals surface area contributed by atoms with Gasteiger partial charge in [0.2, 0.25) is 0 Å². The van der Waals surface area contributed by atoms with Crippen LogP contribution in [0.4, 0.5) is 0 Å². The fraction of sp³-hybridized carbons (Fsp3) is 1.00. The van der Waals surface area contributed by atoms with Crippen molar-refractivity contribution >= 4 is 0 Å². The Morgan fingerprint density at radius 3 is 2.05 bits per heavy atom. The highest BCUT2D eigenvalue weighted by Gasteiger charge is 2.54. The normalized spacial score (nSPS) is 23.3. The number of hydrogen-bond acceptors (Lipinski definition) is 4. The van der Waals surface area contributed by atoms with Crippen LogP contribution in [-0.4, -0.2) is 39.5 Å². The van der Waals surface area contributed by atoms with E-state index in [2.05, 4.69) is 13.8 Å². The van der Waals surface area contributed by atoms with Gasteiger partial charge >= 0.3 is 0 Å². The molecule has 0 radical (unpaired) electrons. The van der Waals surface area contributed by atoms with Crippen molar-refractivity contribution in [1.29, 1.82) is 0 Å². The largest absolute Gasteiger partial charge is 0.369 e. The van der Waals surface area contributed by atoms with Crippen LogP contribution in [0.15, 0.2) is 0 Å². The first-order valence-corrected chi connectivity index (χ1v) is 8.49. The quantitative estimate of drug-likeness (QED) is 0.291. The van der Waals surface area contributed by atoms with Crippen molar-refractivity contribution in [3.63, 3.8) is 0 Å². The van der Waals surface area contributed by atoms with Crippen LogP contribution in [0.1, 0.15) is 65.2 Å². The SMILES string of the molecule is CCCCCCC1OC1C(CCCC)C(OC)(OC)OC. The van der Waals surface area contributed by atoms with Gasteiger partial charge in [-0.1, -0.05) is 52.4 Å². The van der Waals surface area contributed by atoms with E-state index in [0.29, 0.717) is 6.10 Å². The number of ether oxygens (including phenoxy) is 4. The molecule has 0 aliphatic carbocycles. The predicted molar refractivity (Wildman–Crippen MR) is 84.2 cm³/mol. The van der Waals surface area contributed by atoms with Gasteiger partial charge in [0, 0.05) is 21.3 Å². The third-order valence-corrected chi connectivity index (χ3v) is 4.54. The summed E-state index contributed by atoms with van der Waals surface area (Å²) in [6, 6.07) is 0. The predicted octanol–water partition coefficient (Wildman–Crippen LogP) is 4.12. The number of epoxide rings is 1. The summed E-state index contributed by atoms with van der Waals surface area (Å²) in [6.07, 6.45) is 10.1. The van der Waals surface area contributed by atoms with Crippen LogP contribution < -0.4 is 0 Å². The summed E-state index contributed by atoms with van der Waals surface area (Å²) in [5.74, 6) is -0.841. The summed E-state index contributed by atoms with van der Waals surface area (Å²) in [5.41, 5.74) is 0. The van der Waals surface area contributed by atoms with Crippen molar-refractivity contribution in [1.82, 2.24) is 0 Å². The Bertz CT molecular complexity index is 257. The summed E-state index contributed by atoms with van der Waals surface area (Å²) in [4.78, 5) is 0. The Kier molecular flexibility index (Phi) is 8.79. The lowest BCUT2D eigenvalue weighted by Gasteiger charge is -2.35. The molecule has 1 aliphatic rings. The van der Waals surface area contributed by atoms with Gasteiger partial charge in [-0.3, -0.25) is 0 Å². The molecule has 0 aromatic rings. The highest BCUT2D eigenvalue weighted by molar-refractivity contribution is 4.94. The average Bonchev–Trinajstić information content (AvgIpc) is 3.28. The minimum Gasteiger partial charge on any atom is -0.369 e. The third kappa shape index (κ3) is 5.20.